The molecule has 16 heteroatoms. The molecule has 0 saturated heterocycles. The van der Waals surface area contributed by atoms with Crippen LogP contribution < -0.4 is 14.2 Å². The van der Waals surface area contributed by atoms with Crippen molar-refractivity contribution < 1.29 is 44.8 Å². The van der Waals surface area contributed by atoms with E-state index in [0.29, 0.717) is 28.3 Å². The maximum Gasteiger partial charge on any atom is 0.344 e. The van der Waals surface area contributed by atoms with Crippen LogP contribution in [0.5, 0.6) is 17.2 Å². The van der Waals surface area contributed by atoms with E-state index < -0.39 is 49.0 Å². The Morgan fingerprint density at radius 3 is 2.15 bits per heavy atom. The van der Waals surface area contributed by atoms with Crippen molar-refractivity contribution in [3.05, 3.63) is 94.3 Å². The number of aromatic nitrogens is 3. The summed E-state index contributed by atoms with van der Waals surface area (Å²) in [6.45, 7) is 7.72. The fraction of sp³-hybridized carbons (Fsp3) is 0.306. The maximum absolute atomic E-state index is 14.6. The van der Waals surface area contributed by atoms with Crippen LogP contribution in [-0.2, 0) is 45.9 Å². The van der Waals surface area contributed by atoms with E-state index in [1.807, 2.05) is 13.8 Å². The van der Waals surface area contributed by atoms with Crippen molar-refractivity contribution in [2.45, 2.75) is 55.3 Å². The van der Waals surface area contributed by atoms with E-state index in [1.165, 1.54) is 44.6 Å². The zero-order valence-corrected chi connectivity index (χ0v) is 32.2. The number of hydrogen-bond donors (Lipinski definition) is 0. The minimum absolute atomic E-state index is 0.0737. The molecule has 13 nitrogen and oxygen atoms in total. The summed E-state index contributed by atoms with van der Waals surface area (Å²) in [4.78, 5) is 21.4. The second-order valence-electron chi connectivity index (χ2n) is 12.1. The standard InChI is InChI=1S/C36H39N3O10S3/c1-22-8-11-29(12-9-22)51(42,43)15-14-48-33(40)20-49-28-16-23(2)35(24(3)17-28)52(44,45)39-32-18-27(46-6)10-13-30(32)38-36(39)50(41)21-31-26(5)34(47-7)25(4)19-37-31/h8-13,16-19H,14-15,20-21H2,1-7H3. The lowest BCUT2D eigenvalue weighted by Gasteiger charge is -2.17. The molecule has 2 heterocycles. The van der Waals surface area contributed by atoms with Crippen LogP contribution in [0, 0.1) is 34.6 Å². The molecule has 3 aromatic carbocycles. The van der Waals surface area contributed by atoms with Crippen molar-refractivity contribution in [1.29, 1.82) is 0 Å². The maximum atomic E-state index is 14.6. The SMILES string of the molecule is COc1ccc2nc(S(=O)Cc3ncc(C)c(OC)c3C)n(S(=O)(=O)c3c(C)cc(OCC(=O)OCCS(=O)(=O)c4ccc(C)cc4)cc3C)c2c1. The first-order chi connectivity index (χ1) is 24.6. The number of ether oxygens (including phenoxy) is 4. The van der Waals surface area contributed by atoms with Gasteiger partial charge in [0.25, 0.3) is 10.0 Å². The Morgan fingerprint density at radius 2 is 1.52 bits per heavy atom. The molecule has 0 aliphatic rings. The predicted molar refractivity (Wildman–Crippen MR) is 195 cm³/mol. The second-order valence-corrected chi connectivity index (χ2v) is 17.3. The van der Waals surface area contributed by atoms with Gasteiger partial charge in [-0.3, -0.25) is 9.19 Å². The number of esters is 1. The summed E-state index contributed by atoms with van der Waals surface area (Å²) in [6, 6.07) is 14.0. The van der Waals surface area contributed by atoms with Gasteiger partial charge in [0, 0.05) is 23.4 Å². The number of methoxy groups -OCH3 is 2. The summed E-state index contributed by atoms with van der Waals surface area (Å²) in [5.41, 5.74) is 3.90. The van der Waals surface area contributed by atoms with Gasteiger partial charge in [-0.2, -0.15) is 0 Å². The van der Waals surface area contributed by atoms with Crippen LogP contribution in [-0.4, -0.2) is 74.1 Å². The number of pyridine rings is 1. The molecule has 2 aromatic heterocycles. The smallest absolute Gasteiger partial charge is 0.344 e. The molecule has 5 aromatic rings. The summed E-state index contributed by atoms with van der Waals surface area (Å²) in [5.74, 6) is -0.165. The van der Waals surface area contributed by atoms with Crippen LogP contribution in [0.25, 0.3) is 11.0 Å². The van der Waals surface area contributed by atoms with Gasteiger partial charge in [0.15, 0.2) is 16.4 Å². The second kappa shape index (κ2) is 15.4. The molecule has 1 unspecified atom stereocenters. The first-order valence-corrected chi connectivity index (χ1v) is 20.4. The molecule has 276 valence electrons. The summed E-state index contributed by atoms with van der Waals surface area (Å²) in [7, 11) is -7.10. The fourth-order valence-electron chi connectivity index (χ4n) is 5.72. The molecule has 0 aliphatic carbocycles. The topological polar surface area (TPSA) is 170 Å². The Labute approximate surface area is 305 Å². The number of carbonyl (C=O) groups is 1. The molecule has 5 rings (SSSR count). The summed E-state index contributed by atoms with van der Waals surface area (Å²) >= 11 is 0. The van der Waals surface area contributed by atoms with E-state index in [9.17, 15) is 25.8 Å². The van der Waals surface area contributed by atoms with Crippen molar-refractivity contribution >= 4 is 47.7 Å². The number of carbonyl (C=O) groups excluding carboxylic acids is 1. The van der Waals surface area contributed by atoms with Crippen LogP contribution >= 0.6 is 0 Å². The highest BCUT2D eigenvalue weighted by Gasteiger charge is 2.31. The molecule has 0 radical (unpaired) electrons. The first-order valence-electron chi connectivity index (χ1n) is 16.0. The van der Waals surface area contributed by atoms with Crippen LogP contribution in [0.4, 0.5) is 0 Å². The van der Waals surface area contributed by atoms with Crippen molar-refractivity contribution in [1.82, 2.24) is 13.9 Å². The van der Waals surface area contributed by atoms with E-state index >= 15 is 0 Å². The van der Waals surface area contributed by atoms with Gasteiger partial charge >= 0.3 is 5.97 Å². The third-order valence-electron chi connectivity index (χ3n) is 8.30. The highest BCUT2D eigenvalue weighted by molar-refractivity contribution is 7.91. The number of aryl methyl sites for hydroxylation is 4. The fourth-order valence-corrected chi connectivity index (χ4v) is 10.3. The minimum atomic E-state index is -4.45. The van der Waals surface area contributed by atoms with Gasteiger partial charge < -0.3 is 18.9 Å². The third kappa shape index (κ3) is 7.98. The molecule has 52 heavy (non-hydrogen) atoms. The van der Waals surface area contributed by atoms with Gasteiger partial charge in [-0.15, -0.1) is 0 Å². The largest absolute Gasteiger partial charge is 0.497 e. The van der Waals surface area contributed by atoms with Crippen molar-refractivity contribution in [2.75, 3.05) is 33.2 Å². The number of hydrogen-bond acceptors (Lipinski definition) is 12. The van der Waals surface area contributed by atoms with Gasteiger partial charge in [0.2, 0.25) is 5.16 Å². The number of fused-ring (bicyclic) bond motifs is 1. The third-order valence-corrected chi connectivity index (χ3v) is 13.3. The Kier molecular flexibility index (Phi) is 11.4. The number of rotatable bonds is 14. The van der Waals surface area contributed by atoms with Gasteiger partial charge in [-0.05, 0) is 82.1 Å². The predicted octanol–water partition coefficient (Wildman–Crippen LogP) is 4.93. The van der Waals surface area contributed by atoms with Crippen LogP contribution in [0.2, 0.25) is 0 Å². The summed E-state index contributed by atoms with van der Waals surface area (Å²) < 4.78 is 90.9. The molecule has 0 N–H and O–H groups in total. The molecule has 0 saturated carbocycles. The van der Waals surface area contributed by atoms with Crippen molar-refractivity contribution in [3.63, 3.8) is 0 Å². The highest BCUT2D eigenvalue weighted by atomic mass is 32.2. The average molecular weight is 770 g/mol. The van der Waals surface area contributed by atoms with E-state index in [-0.39, 0.29) is 49.7 Å². The van der Waals surface area contributed by atoms with E-state index in [4.69, 9.17) is 18.9 Å². The molecule has 0 spiro atoms. The average Bonchev–Trinajstić information content (AvgIpc) is 3.48. The van der Waals surface area contributed by atoms with Gasteiger partial charge in [0.1, 0.15) is 23.9 Å². The lowest BCUT2D eigenvalue weighted by atomic mass is 10.1. The monoisotopic (exact) mass is 769 g/mol. The van der Waals surface area contributed by atoms with Gasteiger partial charge in [-0.25, -0.2) is 30.6 Å². The molecular formula is C36H39N3O10S3. The van der Waals surface area contributed by atoms with Crippen LogP contribution in [0.15, 0.2) is 75.7 Å². The molecule has 0 amide bonds. The Hall–Kier alpha value is -4.80. The number of benzene rings is 3. The van der Waals surface area contributed by atoms with Crippen LogP contribution in [0.3, 0.4) is 0 Å². The molecule has 1 atom stereocenters. The summed E-state index contributed by atoms with van der Waals surface area (Å²) in [5, 5.41) is -0.199. The summed E-state index contributed by atoms with van der Waals surface area (Å²) in [6.07, 6.45) is 1.61. The van der Waals surface area contributed by atoms with E-state index in [1.54, 1.807) is 51.2 Å². The quantitative estimate of drug-likeness (QED) is 0.140. The van der Waals surface area contributed by atoms with Gasteiger partial charge in [-0.1, -0.05) is 17.7 Å². The number of sulfone groups is 1. The molecule has 0 bridgehead atoms. The zero-order valence-electron chi connectivity index (χ0n) is 29.8. The molecular weight excluding hydrogens is 731 g/mol. The number of imidazole rings is 1. The normalized spacial score (nSPS) is 12.4. The lowest BCUT2D eigenvalue weighted by molar-refractivity contribution is -0.145. The zero-order chi connectivity index (χ0) is 38.0. The molecule has 0 aliphatic heterocycles. The number of nitrogens with zero attached hydrogens (tertiary/aromatic N) is 3. The highest BCUT2D eigenvalue weighted by Crippen LogP contribution is 2.34. The lowest BCUT2D eigenvalue weighted by Crippen LogP contribution is -2.21. The van der Waals surface area contributed by atoms with Gasteiger partial charge in [0.05, 0.1) is 63.0 Å². The first kappa shape index (κ1) is 38.4. The Bertz CT molecular complexity index is 2380. The minimum Gasteiger partial charge on any atom is -0.497 e. The van der Waals surface area contributed by atoms with Crippen LogP contribution in [0.1, 0.15) is 33.5 Å². The van der Waals surface area contributed by atoms with Crippen molar-refractivity contribution in [2.24, 2.45) is 0 Å². The van der Waals surface area contributed by atoms with E-state index in [2.05, 4.69) is 9.97 Å². The Balaban J connectivity index is 1.39. The molecule has 0 fully saturated rings. The van der Waals surface area contributed by atoms with E-state index in [0.717, 1.165) is 15.1 Å². The Morgan fingerprint density at radius 1 is 0.846 bits per heavy atom. The van der Waals surface area contributed by atoms with Crippen molar-refractivity contribution in [3.8, 4) is 17.2 Å².